The Bertz CT molecular complexity index is 396. The van der Waals surface area contributed by atoms with Crippen LogP contribution in [0.4, 0.5) is 11.6 Å². The third kappa shape index (κ3) is 2.72. The molecule has 0 atom stereocenters. The molecule has 2 heterocycles. The second kappa shape index (κ2) is 5.10. The zero-order valence-corrected chi connectivity index (χ0v) is 11.0. The molecule has 1 N–H and O–H groups in total. The van der Waals surface area contributed by atoms with Crippen molar-refractivity contribution in [2.75, 3.05) is 42.9 Å². The molecule has 0 bridgehead atoms. The molecular weight excluding hydrogens is 226 g/mol. The van der Waals surface area contributed by atoms with E-state index >= 15 is 0 Å². The lowest BCUT2D eigenvalue weighted by Crippen LogP contribution is -2.46. The Labute approximate surface area is 108 Å². The number of likely N-dealkylation sites (N-methyl/N-ethyl adjacent to an activating group) is 1. The maximum absolute atomic E-state index is 4.40. The maximum Gasteiger partial charge on any atom is 0.134 e. The van der Waals surface area contributed by atoms with Gasteiger partial charge in [-0.05, 0) is 19.4 Å². The Morgan fingerprint density at radius 2 is 2.00 bits per heavy atom. The third-order valence-electron chi connectivity index (χ3n) is 3.73. The van der Waals surface area contributed by atoms with Crippen molar-refractivity contribution in [1.82, 2.24) is 14.9 Å². The van der Waals surface area contributed by atoms with E-state index < -0.39 is 0 Å². The third-order valence-corrected chi connectivity index (χ3v) is 3.73. The number of aromatic nitrogens is 2. The van der Waals surface area contributed by atoms with Gasteiger partial charge in [0.2, 0.25) is 0 Å². The number of rotatable bonds is 4. The molecule has 1 aromatic rings. The first-order chi connectivity index (χ1) is 8.85. The summed E-state index contributed by atoms with van der Waals surface area (Å²) in [5.74, 6) is 2.03. The number of piperazine rings is 1. The number of nitrogens with zero attached hydrogens (tertiary/aromatic N) is 4. The molecule has 1 aliphatic carbocycles. The topological polar surface area (TPSA) is 44.3 Å². The molecule has 2 aliphatic rings. The summed E-state index contributed by atoms with van der Waals surface area (Å²) in [7, 11) is 0. The fourth-order valence-corrected chi connectivity index (χ4v) is 2.33. The number of nitrogens with one attached hydrogen (secondary N) is 1. The van der Waals surface area contributed by atoms with Crippen LogP contribution in [0.3, 0.4) is 0 Å². The molecule has 1 aliphatic heterocycles. The van der Waals surface area contributed by atoms with Gasteiger partial charge in [0.1, 0.15) is 18.0 Å². The highest BCUT2D eigenvalue weighted by molar-refractivity contribution is 5.49. The zero-order chi connectivity index (χ0) is 12.4. The lowest BCUT2D eigenvalue weighted by atomic mass is 10.3. The van der Waals surface area contributed by atoms with Gasteiger partial charge in [0.15, 0.2) is 0 Å². The molecule has 3 rings (SSSR count). The highest BCUT2D eigenvalue weighted by Gasteiger charge is 2.22. The van der Waals surface area contributed by atoms with Gasteiger partial charge < -0.3 is 15.1 Å². The van der Waals surface area contributed by atoms with Crippen LogP contribution in [0.15, 0.2) is 12.4 Å². The van der Waals surface area contributed by atoms with Crippen LogP contribution < -0.4 is 10.2 Å². The van der Waals surface area contributed by atoms with E-state index in [9.17, 15) is 0 Å². The Morgan fingerprint density at radius 3 is 2.67 bits per heavy atom. The fourth-order valence-electron chi connectivity index (χ4n) is 2.33. The molecule has 0 unspecified atom stereocenters. The normalized spacial score (nSPS) is 21.1. The molecule has 0 radical (unpaired) electrons. The largest absolute Gasteiger partial charge is 0.367 e. The van der Waals surface area contributed by atoms with Crippen molar-refractivity contribution in [3.63, 3.8) is 0 Å². The summed E-state index contributed by atoms with van der Waals surface area (Å²) in [4.78, 5) is 13.5. The minimum absolute atomic E-state index is 0.643. The van der Waals surface area contributed by atoms with E-state index in [1.807, 2.05) is 0 Å². The second-order valence-electron chi connectivity index (χ2n) is 5.10. The van der Waals surface area contributed by atoms with E-state index in [0.29, 0.717) is 6.04 Å². The van der Waals surface area contributed by atoms with Crippen LogP contribution in [0.25, 0.3) is 0 Å². The van der Waals surface area contributed by atoms with E-state index in [-0.39, 0.29) is 0 Å². The van der Waals surface area contributed by atoms with Gasteiger partial charge >= 0.3 is 0 Å². The summed E-state index contributed by atoms with van der Waals surface area (Å²) >= 11 is 0. The fraction of sp³-hybridized carbons (Fsp3) is 0.692. The van der Waals surface area contributed by atoms with E-state index in [0.717, 1.165) is 44.4 Å². The van der Waals surface area contributed by atoms with Gasteiger partial charge in [-0.15, -0.1) is 0 Å². The van der Waals surface area contributed by atoms with E-state index in [1.54, 1.807) is 6.33 Å². The molecule has 5 nitrogen and oxygen atoms in total. The molecule has 0 spiro atoms. The van der Waals surface area contributed by atoms with Crippen LogP contribution in [0.5, 0.6) is 0 Å². The van der Waals surface area contributed by atoms with Crippen LogP contribution in [-0.4, -0.2) is 53.6 Å². The zero-order valence-electron chi connectivity index (χ0n) is 11.0. The van der Waals surface area contributed by atoms with Gasteiger partial charge in [-0.3, -0.25) is 0 Å². The van der Waals surface area contributed by atoms with Crippen molar-refractivity contribution >= 4 is 11.6 Å². The van der Waals surface area contributed by atoms with Crippen molar-refractivity contribution in [3.05, 3.63) is 12.4 Å². The highest BCUT2D eigenvalue weighted by atomic mass is 15.3. The molecular formula is C13H21N5. The van der Waals surface area contributed by atoms with Crippen LogP contribution in [-0.2, 0) is 0 Å². The summed E-state index contributed by atoms with van der Waals surface area (Å²) in [5.41, 5.74) is 0. The second-order valence-corrected chi connectivity index (χ2v) is 5.10. The molecule has 18 heavy (non-hydrogen) atoms. The van der Waals surface area contributed by atoms with Gasteiger partial charge in [-0.25, -0.2) is 9.97 Å². The molecule has 0 amide bonds. The van der Waals surface area contributed by atoms with Crippen molar-refractivity contribution in [1.29, 1.82) is 0 Å². The monoisotopic (exact) mass is 247 g/mol. The molecule has 2 fully saturated rings. The summed E-state index contributed by atoms with van der Waals surface area (Å²) < 4.78 is 0. The molecule has 98 valence electrons. The summed E-state index contributed by atoms with van der Waals surface area (Å²) in [5, 5.41) is 3.43. The van der Waals surface area contributed by atoms with Gasteiger partial charge in [0.25, 0.3) is 0 Å². The van der Waals surface area contributed by atoms with E-state index in [1.165, 1.54) is 12.8 Å². The predicted molar refractivity (Wildman–Crippen MR) is 73.0 cm³/mol. The molecule has 5 heteroatoms. The van der Waals surface area contributed by atoms with Gasteiger partial charge in [0.05, 0.1) is 0 Å². The molecule has 1 saturated heterocycles. The Morgan fingerprint density at radius 1 is 1.22 bits per heavy atom. The lowest BCUT2D eigenvalue weighted by molar-refractivity contribution is 0.270. The molecule has 0 aromatic carbocycles. The highest BCUT2D eigenvalue weighted by Crippen LogP contribution is 2.25. The quantitative estimate of drug-likeness (QED) is 0.866. The predicted octanol–water partition coefficient (Wildman–Crippen LogP) is 1.19. The van der Waals surface area contributed by atoms with Gasteiger partial charge in [-0.1, -0.05) is 6.92 Å². The number of hydrogen-bond acceptors (Lipinski definition) is 5. The Kier molecular flexibility index (Phi) is 3.32. The standard InChI is InChI=1S/C13H21N5/c1-2-17-5-7-18(8-6-17)13-9-12(14-10-15-13)16-11-3-4-11/h9-11H,2-8H2,1H3,(H,14,15,16). The first-order valence-corrected chi connectivity index (χ1v) is 6.91. The summed E-state index contributed by atoms with van der Waals surface area (Å²) in [6.07, 6.45) is 4.22. The first kappa shape index (κ1) is 11.7. The van der Waals surface area contributed by atoms with Crippen LogP contribution >= 0.6 is 0 Å². The minimum Gasteiger partial charge on any atom is -0.367 e. The smallest absolute Gasteiger partial charge is 0.134 e. The molecule has 1 aromatic heterocycles. The Hall–Kier alpha value is -1.36. The van der Waals surface area contributed by atoms with E-state index in [2.05, 4.69) is 38.1 Å². The van der Waals surface area contributed by atoms with Crippen molar-refractivity contribution < 1.29 is 0 Å². The van der Waals surface area contributed by atoms with E-state index in [4.69, 9.17) is 0 Å². The van der Waals surface area contributed by atoms with Crippen LogP contribution in [0, 0.1) is 0 Å². The minimum atomic E-state index is 0.643. The maximum atomic E-state index is 4.40. The SMILES string of the molecule is CCN1CCN(c2cc(NC3CC3)ncn2)CC1. The van der Waals surface area contributed by atoms with Gasteiger partial charge in [0, 0.05) is 38.3 Å². The molecule has 1 saturated carbocycles. The Balaban J connectivity index is 1.64. The lowest BCUT2D eigenvalue weighted by Gasteiger charge is -2.34. The van der Waals surface area contributed by atoms with Crippen molar-refractivity contribution in [2.24, 2.45) is 0 Å². The van der Waals surface area contributed by atoms with Crippen LogP contribution in [0.1, 0.15) is 19.8 Å². The van der Waals surface area contributed by atoms with Crippen molar-refractivity contribution in [3.8, 4) is 0 Å². The average Bonchev–Trinajstić information content (AvgIpc) is 3.23. The number of anilines is 2. The first-order valence-electron chi connectivity index (χ1n) is 6.91. The van der Waals surface area contributed by atoms with Crippen molar-refractivity contribution in [2.45, 2.75) is 25.8 Å². The average molecular weight is 247 g/mol. The van der Waals surface area contributed by atoms with Gasteiger partial charge in [-0.2, -0.15) is 0 Å². The number of hydrogen-bond donors (Lipinski definition) is 1. The van der Waals surface area contributed by atoms with Crippen LogP contribution in [0.2, 0.25) is 0 Å². The summed E-state index contributed by atoms with van der Waals surface area (Å²) in [6, 6.07) is 2.73. The summed E-state index contributed by atoms with van der Waals surface area (Å²) in [6.45, 7) is 7.75.